The van der Waals surface area contributed by atoms with Gasteiger partial charge in [-0.25, -0.2) is 4.79 Å². The lowest BCUT2D eigenvalue weighted by atomic mass is 10.0. The van der Waals surface area contributed by atoms with Crippen molar-refractivity contribution < 1.29 is 9.90 Å². The molecule has 1 aromatic carbocycles. The Hall–Kier alpha value is -1.71. The van der Waals surface area contributed by atoms with Gasteiger partial charge in [-0.1, -0.05) is 115 Å². The van der Waals surface area contributed by atoms with Crippen LogP contribution in [0.4, 0.5) is 4.79 Å². The molecule has 0 aliphatic carbocycles. The first-order valence-corrected chi connectivity index (χ1v) is 13.0. The van der Waals surface area contributed by atoms with Crippen LogP contribution in [0.3, 0.4) is 0 Å². The molecule has 0 atom stereocenters. The Morgan fingerprint density at radius 2 is 1.13 bits per heavy atom. The minimum Gasteiger partial charge on any atom is -0.508 e. The van der Waals surface area contributed by atoms with Crippen molar-refractivity contribution in [2.75, 3.05) is 13.1 Å². The van der Waals surface area contributed by atoms with E-state index >= 15 is 0 Å². The molecule has 0 fully saturated rings. The van der Waals surface area contributed by atoms with Crippen LogP contribution in [0.2, 0.25) is 0 Å². The summed E-state index contributed by atoms with van der Waals surface area (Å²) in [7, 11) is 0. The molecule has 4 nitrogen and oxygen atoms in total. The highest BCUT2D eigenvalue weighted by molar-refractivity contribution is 5.71. The second-order valence-electron chi connectivity index (χ2n) is 9.05. The van der Waals surface area contributed by atoms with Gasteiger partial charge < -0.3 is 15.7 Å². The number of benzene rings is 1. The maximum absolute atomic E-state index is 11.7. The quantitative estimate of drug-likeness (QED) is 0.209. The number of hydrogen-bond donors (Lipinski definition) is 2. The Bertz CT molecular complexity index is 545. The summed E-state index contributed by atoms with van der Waals surface area (Å²) in [6, 6.07) is 6.81. The SMILES string of the molecule is CCCCCCCCCCCCCCCCCCN(CCc1ccc(O)cc1)C(N)=O. The zero-order chi connectivity index (χ0) is 22.6. The van der Waals surface area contributed by atoms with Crippen molar-refractivity contribution in [1.82, 2.24) is 4.90 Å². The van der Waals surface area contributed by atoms with Crippen LogP contribution in [0.15, 0.2) is 24.3 Å². The molecule has 3 N–H and O–H groups in total. The first-order chi connectivity index (χ1) is 15.1. The van der Waals surface area contributed by atoms with Crippen molar-refractivity contribution in [1.29, 1.82) is 0 Å². The molecule has 0 bridgehead atoms. The van der Waals surface area contributed by atoms with Crippen molar-refractivity contribution in [2.24, 2.45) is 5.73 Å². The van der Waals surface area contributed by atoms with Crippen LogP contribution in [0.1, 0.15) is 115 Å². The fourth-order valence-electron chi connectivity index (χ4n) is 4.11. The van der Waals surface area contributed by atoms with Gasteiger partial charge in [0.1, 0.15) is 5.75 Å². The van der Waals surface area contributed by atoms with E-state index in [0.29, 0.717) is 6.54 Å². The van der Waals surface area contributed by atoms with Gasteiger partial charge >= 0.3 is 6.03 Å². The molecular weight excluding hydrogens is 384 g/mol. The molecule has 0 heterocycles. The molecule has 0 aromatic heterocycles. The summed E-state index contributed by atoms with van der Waals surface area (Å²) in [5, 5.41) is 9.35. The van der Waals surface area contributed by atoms with Gasteiger partial charge in [0.15, 0.2) is 0 Å². The fraction of sp³-hybridized carbons (Fsp3) is 0.741. The standard InChI is InChI=1S/C27H48N2O2/c1-2-3-4-5-6-7-8-9-10-11-12-13-14-15-16-17-23-29(27(28)31)24-22-25-18-20-26(30)21-19-25/h18-21,30H,2-17,22-24H2,1H3,(H2,28,31). The predicted molar refractivity (Wildman–Crippen MR) is 133 cm³/mol. The van der Waals surface area contributed by atoms with Crippen LogP contribution in [0.25, 0.3) is 0 Å². The number of phenolic OH excluding ortho intramolecular Hbond substituents is 1. The van der Waals surface area contributed by atoms with Crippen molar-refractivity contribution in [2.45, 2.75) is 116 Å². The van der Waals surface area contributed by atoms with Crippen molar-refractivity contribution in [3.05, 3.63) is 29.8 Å². The van der Waals surface area contributed by atoms with Crippen LogP contribution in [0.5, 0.6) is 5.75 Å². The molecular formula is C27H48N2O2. The number of rotatable bonds is 20. The summed E-state index contributed by atoms with van der Waals surface area (Å²) < 4.78 is 0. The van der Waals surface area contributed by atoms with E-state index in [1.807, 2.05) is 12.1 Å². The molecule has 1 aromatic rings. The average molecular weight is 433 g/mol. The Kier molecular flexibility index (Phi) is 16.8. The highest BCUT2D eigenvalue weighted by Crippen LogP contribution is 2.14. The third kappa shape index (κ3) is 15.7. The van der Waals surface area contributed by atoms with E-state index in [1.165, 1.54) is 96.3 Å². The lowest BCUT2D eigenvalue weighted by Gasteiger charge is -2.20. The molecule has 178 valence electrons. The number of hydrogen-bond acceptors (Lipinski definition) is 2. The predicted octanol–water partition coefficient (Wildman–Crippen LogP) is 7.58. The van der Waals surface area contributed by atoms with Crippen LogP contribution >= 0.6 is 0 Å². The zero-order valence-corrected chi connectivity index (χ0v) is 20.1. The van der Waals surface area contributed by atoms with E-state index in [2.05, 4.69) is 6.92 Å². The Morgan fingerprint density at radius 3 is 1.55 bits per heavy atom. The number of unbranched alkanes of at least 4 members (excludes halogenated alkanes) is 15. The maximum atomic E-state index is 11.7. The van der Waals surface area contributed by atoms with E-state index in [9.17, 15) is 9.90 Å². The molecule has 0 aliphatic rings. The number of carbonyl (C=O) groups excluding carboxylic acids is 1. The molecule has 0 saturated heterocycles. The minimum atomic E-state index is -0.334. The zero-order valence-electron chi connectivity index (χ0n) is 20.1. The Morgan fingerprint density at radius 1 is 0.710 bits per heavy atom. The van der Waals surface area contributed by atoms with E-state index in [0.717, 1.165) is 24.9 Å². The lowest BCUT2D eigenvalue weighted by Crippen LogP contribution is -2.37. The summed E-state index contributed by atoms with van der Waals surface area (Å²) >= 11 is 0. The smallest absolute Gasteiger partial charge is 0.314 e. The van der Waals surface area contributed by atoms with Gasteiger partial charge in [0.05, 0.1) is 0 Å². The third-order valence-electron chi connectivity index (χ3n) is 6.20. The van der Waals surface area contributed by atoms with Crippen molar-refractivity contribution in [3.63, 3.8) is 0 Å². The summed E-state index contributed by atoms with van der Waals surface area (Å²) in [5.41, 5.74) is 6.65. The molecule has 1 rings (SSSR count). The van der Waals surface area contributed by atoms with Gasteiger partial charge in [-0.2, -0.15) is 0 Å². The molecule has 4 heteroatoms. The minimum absolute atomic E-state index is 0.267. The number of primary amides is 1. The summed E-state index contributed by atoms with van der Waals surface area (Å²) in [6.45, 7) is 3.66. The summed E-state index contributed by atoms with van der Waals surface area (Å²) in [4.78, 5) is 13.4. The highest BCUT2D eigenvalue weighted by Gasteiger charge is 2.09. The number of aromatic hydroxyl groups is 1. The van der Waals surface area contributed by atoms with Crippen LogP contribution < -0.4 is 5.73 Å². The van der Waals surface area contributed by atoms with Gasteiger partial charge in [-0.15, -0.1) is 0 Å². The number of phenols is 1. The average Bonchev–Trinajstić information content (AvgIpc) is 2.76. The summed E-state index contributed by atoms with van der Waals surface area (Å²) in [5.74, 6) is 0.267. The van der Waals surface area contributed by atoms with E-state index in [1.54, 1.807) is 17.0 Å². The van der Waals surface area contributed by atoms with E-state index in [-0.39, 0.29) is 11.8 Å². The topological polar surface area (TPSA) is 66.6 Å². The first kappa shape index (κ1) is 27.3. The number of nitrogens with two attached hydrogens (primary N) is 1. The largest absolute Gasteiger partial charge is 0.508 e. The lowest BCUT2D eigenvalue weighted by molar-refractivity contribution is 0.207. The van der Waals surface area contributed by atoms with Gasteiger partial charge in [-0.05, 0) is 30.5 Å². The van der Waals surface area contributed by atoms with Crippen molar-refractivity contribution in [3.8, 4) is 5.75 Å². The first-order valence-electron chi connectivity index (χ1n) is 13.0. The van der Waals surface area contributed by atoms with Gasteiger partial charge in [0.25, 0.3) is 0 Å². The molecule has 0 spiro atoms. The maximum Gasteiger partial charge on any atom is 0.314 e. The van der Waals surface area contributed by atoms with E-state index in [4.69, 9.17) is 5.73 Å². The Labute approximate surface area is 191 Å². The van der Waals surface area contributed by atoms with Crippen LogP contribution in [-0.2, 0) is 6.42 Å². The third-order valence-corrected chi connectivity index (χ3v) is 6.20. The van der Waals surface area contributed by atoms with Gasteiger partial charge in [0.2, 0.25) is 0 Å². The number of carbonyl (C=O) groups is 1. The second-order valence-corrected chi connectivity index (χ2v) is 9.05. The highest BCUT2D eigenvalue weighted by atomic mass is 16.3. The fourth-order valence-corrected chi connectivity index (χ4v) is 4.11. The molecule has 0 unspecified atom stereocenters. The van der Waals surface area contributed by atoms with Crippen molar-refractivity contribution >= 4 is 6.03 Å². The molecule has 0 radical (unpaired) electrons. The molecule has 31 heavy (non-hydrogen) atoms. The van der Waals surface area contributed by atoms with Gasteiger partial charge in [0, 0.05) is 13.1 Å². The second kappa shape index (κ2) is 19.0. The molecule has 0 aliphatic heterocycles. The number of amides is 2. The normalized spacial score (nSPS) is 11.0. The van der Waals surface area contributed by atoms with Gasteiger partial charge in [-0.3, -0.25) is 0 Å². The monoisotopic (exact) mass is 432 g/mol. The number of nitrogens with zero attached hydrogens (tertiary/aromatic N) is 1. The van der Waals surface area contributed by atoms with Crippen LogP contribution in [-0.4, -0.2) is 29.1 Å². The van der Waals surface area contributed by atoms with E-state index < -0.39 is 0 Å². The molecule has 0 saturated carbocycles. The molecule has 2 amide bonds. The summed E-state index contributed by atoms with van der Waals surface area (Å²) in [6.07, 6.45) is 22.4. The van der Waals surface area contributed by atoms with Crippen LogP contribution in [0, 0.1) is 0 Å². The number of urea groups is 1. The Balaban J connectivity index is 1.91.